The Kier molecular flexibility index (Phi) is 2.62. The summed E-state index contributed by atoms with van der Waals surface area (Å²) in [6.07, 6.45) is 3.80. The van der Waals surface area contributed by atoms with Crippen LogP contribution < -0.4 is 5.73 Å². The van der Waals surface area contributed by atoms with Crippen LogP contribution in [0.4, 0.5) is 5.69 Å². The first-order valence-corrected chi connectivity index (χ1v) is 6.75. The highest BCUT2D eigenvalue weighted by molar-refractivity contribution is 7.90. The summed E-state index contributed by atoms with van der Waals surface area (Å²) in [5.41, 5.74) is 6.99. The average Bonchev–Trinajstić information content (AvgIpc) is 2.70. The summed E-state index contributed by atoms with van der Waals surface area (Å²) < 4.78 is 24.0. The number of anilines is 1. The van der Waals surface area contributed by atoms with Gasteiger partial charge in [-0.3, -0.25) is 0 Å². The van der Waals surface area contributed by atoms with E-state index >= 15 is 0 Å². The Morgan fingerprint density at radius 2 is 2.06 bits per heavy atom. The van der Waals surface area contributed by atoms with E-state index in [1.54, 1.807) is 12.1 Å². The number of nitrogens with two attached hydrogens (primary N) is 1. The molecule has 0 aromatic carbocycles. The van der Waals surface area contributed by atoms with Crippen LogP contribution in [-0.4, -0.2) is 29.4 Å². The first kappa shape index (κ1) is 11.6. The van der Waals surface area contributed by atoms with Crippen LogP contribution in [0.1, 0.15) is 5.69 Å². The maximum Gasteiger partial charge on any atom is 0.178 e. The number of hydrogen-bond donors (Lipinski definition) is 1. The van der Waals surface area contributed by atoms with Gasteiger partial charge >= 0.3 is 0 Å². The lowest BCUT2D eigenvalue weighted by atomic mass is 10.3. The van der Waals surface area contributed by atoms with Crippen molar-refractivity contribution in [1.29, 1.82) is 0 Å². The smallest absolute Gasteiger partial charge is 0.178 e. The second kappa shape index (κ2) is 3.85. The van der Waals surface area contributed by atoms with Crippen LogP contribution in [0.2, 0.25) is 0 Å². The minimum atomic E-state index is -3.26. The number of aromatic nitrogens is 3. The summed E-state index contributed by atoms with van der Waals surface area (Å²) >= 11 is 0. The Balaban J connectivity index is 2.55. The Hall–Kier alpha value is -1.89. The van der Waals surface area contributed by atoms with Crippen molar-refractivity contribution in [2.75, 3.05) is 12.0 Å². The SMILES string of the molecule is Cc1ccc(N)c(-n2cc(S(C)(=O)=O)cn2)n1. The summed E-state index contributed by atoms with van der Waals surface area (Å²) in [6.45, 7) is 1.82. The van der Waals surface area contributed by atoms with Crippen molar-refractivity contribution in [1.82, 2.24) is 14.8 Å². The quantitative estimate of drug-likeness (QED) is 0.843. The van der Waals surface area contributed by atoms with E-state index in [4.69, 9.17) is 5.73 Å². The second-order valence-electron chi connectivity index (χ2n) is 3.76. The van der Waals surface area contributed by atoms with Crippen LogP contribution in [-0.2, 0) is 9.84 Å². The lowest BCUT2D eigenvalue weighted by Crippen LogP contribution is -2.04. The summed E-state index contributed by atoms with van der Waals surface area (Å²) in [4.78, 5) is 4.36. The molecule has 0 saturated heterocycles. The fourth-order valence-electron chi connectivity index (χ4n) is 1.35. The van der Waals surface area contributed by atoms with E-state index in [-0.39, 0.29) is 4.90 Å². The molecule has 0 aliphatic carbocycles. The zero-order chi connectivity index (χ0) is 12.6. The normalized spacial score (nSPS) is 11.6. The largest absolute Gasteiger partial charge is 0.396 e. The molecule has 0 saturated carbocycles. The molecule has 2 rings (SSSR count). The molecule has 6 nitrogen and oxygen atoms in total. The van der Waals surface area contributed by atoms with Crippen molar-refractivity contribution in [3.63, 3.8) is 0 Å². The van der Waals surface area contributed by atoms with Gasteiger partial charge < -0.3 is 5.73 Å². The number of aryl methyl sites for hydroxylation is 1. The van der Waals surface area contributed by atoms with Crippen LogP contribution in [0.15, 0.2) is 29.4 Å². The van der Waals surface area contributed by atoms with Gasteiger partial charge in [-0.1, -0.05) is 0 Å². The molecule has 0 aliphatic heterocycles. The first-order valence-electron chi connectivity index (χ1n) is 4.86. The molecular formula is C10H12N4O2S. The summed E-state index contributed by atoms with van der Waals surface area (Å²) in [6, 6.07) is 3.49. The van der Waals surface area contributed by atoms with Crippen LogP contribution in [0.3, 0.4) is 0 Å². The minimum absolute atomic E-state index is 0.139. The van der Waals surface area contributed by atoms with Gasteiger partial charge in [0.05, 0.1) is 18.1 Å². The van der Waals surface area contributed by atoms with Gasteiger partial charge in [0.1, 0.15) is 4.90 Å². The van der Waals surface area contributed by atoms with E-state index in [1.807, 2.05) is 6.92 Å². The maximum atomic E-state index is 11.3. The standard InChI is InChI=1S/C10H12N4O2S/c1-7-3-4-9(11)10(13-7)14-6-8(5-12-14)17(2,15)16/h3-6H,11H2,1-2H3. The molecule has 90 valence electrons. The van der Waals surface area contributed by atoms with Crippen LogP contribution in [0.25, 0.3) is 5.82 Å². The Labute approximate surface area is 99.0 Å². The third-order valence-corrected chi connectivity index (χ3v) is 3.32. The van der Waals surface area contributed by atoms with Crippen LogP contribution >= 0.6 is 0 Å². The minimum Gasteiger partial charge on any atom is -0.396 e. The second-order valence-corrected chi connectivity index (χ2v) is 5.77. The van der Waals surface area contributed by atoms with Crippen LogP contribution in [0.5, 0.6) is 0 Å². The number of sulfone groups is 1. The van der Waals surface area contributed by atoms with Gasteiger partial charge in [0.15, 0.2) is 15.7 Å². The monoisotopic (exact) mass is 252 g/mol. The molecule has 0 spiro atoms. The number of pyridine rings is 1. The molecule has 0 bridgehead atoms. The van der Waals surface area contributed by atoms with Gasteiger partial charge in [0, 0.05) is 11.9 Å². The van der Waals surface area contributed by atoms with Crippen LogP contribution in [0, 0.1) is 6.92 Å². The van der Waals surface area contributed by atoms with Gasteiger partial charge in [0.2, 0.25) is 0 Å². The van der Waals surface area contributed by atoms with Crippen molar-refractivity contribution in [2.45, 2.75) is 11.8 Å². The Morgan fingerprint density at radius 1 is 1.35 bits per heavy atom. The molecule has 2 N–H and O–H groups in total. The summed E-state index contributed by atoms with van der Waals surface area (Å²) in [5.74, 6) is 0.430. The van der Waals surface area contributed by atoms with Gasteiger partial charge in [-0.15, -0.1) is 0 Å². The predicted octanol–water partition coefficient (Wildman–Crippen LogP) is 0.561. The molecule has 2 aromatic rings. The number of hydrogen-bond acceptors (Lipinski definition) is 5. The molecule has 0 fully saturated rings. The van der Waals surface area contributed by atoms with Crippen molar-refractivity contribution >= 4 is 15.5 Å². The molecular weight excluding hydrogens is 240 g/mol. The van der Waals surface area contributed by atoms with Crippen molar-refractivity contribution in [2.24, 2.45) is 0 Å². The zero-order valence-corrected chi connectivity index (χ0v) is 10.3. The zero-order valence-electron chi connectivity index (χ0n) is 9.45. The molecule has 2 aromatic heterocycles. The van der Waals surface area contributed by atoms with Crippen molar-refractivity contribution < 1.29 is 8.42 Å². The molecule has 7 heteroatoms. The third-order valence-electron chi connectivity index (χ3n) is 2.25. The highest BCUT2D eigenvalue weighted by atomic mass is 32.2. The highest BCUT2D eigenvalue weighted by Gasteiger charge is 2.12. The highest BCUT2D eigenvalue weighted by Crippen LogP contribution is 2.16. The first-order chi connectivity index (χ1) is 7.88. The van der Waals surface area contributed by atoms with Gasteiger partial charge in [-0.05, 0) is 19.1 Å². The summed E-state index contributed by atoms with van der Waals surface area (Å²) in [5, 5.41) is 3.95. The number of nitrogen functional groups attached to an aromatic ring is 1. The Bertz CT molecular complexity index is 661. The third kappa shape index (κ3) is 2.28. The van der Waals surface area contributed by atoms with E-state index in [0.29, 0.717) is 11.5 Å². The maximum absolute atomic E-state index is 11.3. The van der Waals surface area contributed by atoms with Gasteiger partial charge in [0.25, 0.3) is 0 Å². The average molecular weight is 252 g/mol. The molecule has 0 unspecified atom stereocenters. The van der Waals surface area contributed by atoms with E-state index in [2.05, 4.69) is 10.1 Å². The van der Waals surface area contributed by atoms with Gasteiger partial charge in [-0.2, -0.15) is 5.10 Å². The molecule has 17 heavy (non-hydrogen) atoms. The molecule has 2 heterocycles. The van der Waals surface area contributed by atoms with Gasteiger partial charge in [-0.25, -0.2) is 18.1 Å². The number of nitrogens with zero attached hydrogens (tertiary/aromatic N) is 3. The predicted molar refractivity (Wildman–Crippen MR) is 63.6 cm³/mol. The lowest BCUT2D eigenvalue weighted by molar-refractivity contribution is 0.602. The fraction of sp³-hybridized carbons (Fsp3) is 0.200. The molecule has 0 aliphatic rings. The molecule has 0 radical (unpaired) electrons. The number of rotatable bonds is 2. The van der Waals surface area contributed by atoms with E-state index in [1.165, 1.54) is 17.1 Å². The Morgan fingerprint density at radius 3 is 2.65 bits per heavy atom. The molecule has 0 amide bonds. The topological polar surface area (TPSA) is 90.9 Å². The van der Waals surface area contributed by atoms with Crippen molar-refractivity contribution in [3.8, 4) is 5.82 Å². The molecule has 0 atom stereocenters. The van der Waals surface area contributed by atoms with E-state index in [9.17, 15) is 8.42 Å². The van der Waals surface area contributed by atoms with Crippen molar-refractivity contribution in [3.05, 3.63) is 30.2 Å². The van der Waals surface area contributed by atoms with E-state index in [0.717, 1.165) is 11.9 Å². The lowest BCUT2D eigenvalue weighted by Gasteiger charge is -2.04. The van der Waals surface area contributed by atoms with E-state index < -0.39 is 9.84 Å². The fourth-order valence-corrected chi connectivity index (χ4v) is 1.88. The summed E-state index contributed by atoms with van der Waals surface area (Å²) in [7, 11) is -3.26.